The molecule has 1 saturated carbocycles. The zero-order chi connectivity index (χ0) is 11.8. The maximum atomic E-state index is 5.18. The van der Waals surface area contributed by atoms with Crippen LogP contribution in [-0.2, 0) is 4.74 Å². The van der Waals surface area contributed by atoms with Crippen molar-refractivity contribution in [3.8, 4) is 0 Å². The molecule has 0 aromatic heterocycles. The summed E-state index contributed by atoms with van der Waals surface area (Å²) in [6.07, 6.45) is 5.88. The predicted octanol–water partition coefficient (Wildman–Crippen LogP) is 1.78. The van der Waals surface area contributed by atoms with Gasteiger partial charge in [0.1, 0.15) is 0 Å². The SMILES string of the molecule is COC(C)CNCCNC1CCCCC1C. The topological polar surface area (TPSA) is 33.3 Å². The van der Waals surface area contributed by atoms with E-state index in [-0.39, 0.29) is 0 Å². The molecule has 96 valence electrons. The van der Waals surface area contributed by atoms with E-state index in [0.29, 0.717) is 6.10 Å². The van der Waals surface area contributed by atoms with Gasteiger partial charge in [-0.3, -0.25) is 0 Å². The molecule has 2 N–H and O–H groups in total. The fourth-order valence-corrected chi connectivity index (χ4v) is 2.35. The summed E-state index contributed by atoms with van der Waals surface area (Å²) in [5.74, 6) is 0.853. The van der Waals surface area contributed by atoms with Crippen molar-refractivity contribution in [1.82, 2.24) is 10.6 Å². The van der Waals surface area contributed by atoms with Crippen molar-refractivity contribution in [1.29, 1.82) is 0 Å². The van der Waals surface area contributed by atoms with Gasteiger partial charge in [-0.1, -0.05) is 19.8 Å². The zero-order valence-electron chi connectivity index (χ0n) is 11.1. The van der Waals surface area contributed by atoms with Gasteiger partial charge < -0.3 is 15.4 Å². The van der Waals surface area contributed by atoms with Crippen LogP contribution in [0.1, 0.15) is 39.5 Å². The molecule has 0 saturated heterocycles. The van der Waals surface area contributed by atoms with Gasteiger partial charge in [-0.2, -0.15) is 0 Å². The molecule has 0 spiro atoms. The Bertz CT molecular complexity index is 175. The lowest BCUT2D eigenvalue weighted by Gasteiger charge is -2.29. The molecule has 3 nitrogen and oxygen atoms in total. The quantitative estimate of drug-likeness (QED) is 0.652. The second-order valence-electron chi connectivity index (χ2n) is 5.07. The highest BCUT2D eigenvalue weighted by Crippen LogP contribution is 2.23. The van der Waals surface area contributed by atoms with Crippen molar-refractivity contribution < 1.29 is 4.74 Å². The number of rotatable bonds is 7. The van der Waals surface area contributed by atoms with E-state index in [1.54, 1.807) is 7.11 Å². The Morgan fingerprint density at radius 1 is 1.25 bits per heavy atom. The highest BCUT2D eigenvalue weighted by molar-refractivity contribution is 4.78. The van der Waals surface area contributed by atoms with E-state index >= 15 is 0 Å². The molecular weight excluding hydrogens is 200 g/mol. The van der Waals surface area contributed by atoms with Gasteiger partial charge >= 0.3 is 0 Å². The van der Waals surface area contributed by atoms with Crippen LogP contribution >= 0.6 is 0 Å². The molecule has 0 heterocycles. The summed E-state index contributed by atoms with van der Waals surface area (Å²) >= 11 is 0. The van der Waals surface area contributed by atoms with Crippen molar-refractivity contribution in [2.24, 2.45) is 5.92 Å². The highest BCUT2D eigenvalue weighted by Gasteiger charge is 2.19. The number of hydrogen-bond donors (Lipinski definition) is 2. The van der Waals surface area contributed by atoms with Gasteiger partial charge in [-0.25, -0.2) is 0 Å². The average Bonchev–Trinajstić information content (AvgIpc) is 2.30. The van der Waals surface area contributed by atoms with Crippen molar-refractivity contribution in [2.45, 2.75) is 51.7 Å². The lowest BCUT2D eigenvalue weighted by Crippen LogP contribution is -2.41. The smallest absolute Gasteiger partial charge is 0.0667 e. The third kappa shape index (κ3) is 5.28. The molecule has 1 aliphatic rings. The third-order valence-corrected chi connectivity index (χ3v) is 3.65. The van der Waals surface area contributed by atoms with Crippen molar-refractivity contribution >= 4 is 0 Å². The van der Waals surface area contributed by atoms with Gasteiger partial charge in [0.25, 0.3) is 0 Å². The van der Waals surface area contributed by atoms with Crippen LogP contribution in [0.15, 0.2) is 0 Å². The second kappa shape index (κ2) is 8.04. The van der Waals surface area contributed by atoms with E-state index in [2.05, 4.69) is 24.5 Å². The summed E-state index contributed by atoms with van der Waals surface area (Å²) in [6, 6.07) is 0.746. The molecule has 0 aromatic rings. The molecule has 1 fully saturated rings. The van der Waals surface area contributed by atoms with Crippen LogP contribution < -0.4 is 10.6 Å². The van der Waals surface area contributed by atoms with Crippen LogP contribution in [-0.4, -0.2) is 38.9 Å². The molecule has 0 bridgehead atoms. The first-order chi connectivity index (χ1) is 7.74. The Kier molecular flexibility index (Phi) is 7.01. The molecule has 0 amide bonds. The van der Waals surface area contributed by atoms with Gasteiger partial charge in [0.15, 0.2) is 0 Å². The Hall–Kier alpha value is -0.120. The molecule has 3 atom stereocenters. The van der Waals surface area contributed by atoms with Gasteiger partial charge in [0.2, 0.25) is 0 Å². The standard InChI is InChI=1S/C13H28N2O/c1-11-6-4-5-7-13(11)15-9-8-14-10-12(2)16-3/h11-15H,4-10H2,1-3H3. The number of methoxy groups -OCH3 is 1. The van der Waals surface area contributed by atoms with Crippen LogP contribution in [0.3, 0.4) is 0 Å². The van der Waals surface area contributed by atoms with Gasteiger partial charge in [0, 0.05) is 32.8 Å². The maximum absolute atomic E-state index is 5.18. The number of ether oxygens (including phenoxy) is 1. The van der Waals surface area contributed by atoms with E-state index in [9.17, 15) is 0 Å². The summed E-state index contributed by atoms with van der Waals surface area (Å²) in [6.45, 7) is 7.52. The van der Waals surface area contributed by atoms with E-state index in [1.165, 1.54) is 25.7 Å². The van der Waals surface area contributed by atoms with Gasteiger partial charge in [-0.05, 0) is 25.7 Å². The largest absolute Gasteiger partial charge is 0.380 e. The van der Waals surface area contributed by atoms with Crippen LogP contribution in [0.5, 0.6) is 0 Å². The van der Waals surface area contributed by atoms with Gasteiger partial charge in [-0.15, -0.1) is 0 Å². The van der Waals surface area contributed by atoms with Crippen LogP contribution in [0.4, 0.5) is 0 Å². The lowest BCUT2D eigenvalue weighted by atomic mass is 9.86. The Morgan fingerprint density at radius 3 is 2.69 bits per heavy atom. The minimum absolute atomic E-state index is 0.314. The first-order valence-corrected chi connectivity index (χ1v) is 6.71. The molecule has 1 aliphatic carbocycles. The first-order valence-electron chi connectivity index (χ1n) is 6.71. The minimum Gasteiger partial charge on any atom is -0.380 e. The lowest BCUT2D eigenvalue weighted by molar-refractivity contribution is 0.117. The number of hydrogen-bond acceptors (Lipinski definition) is 3. The van der Waals surface area contributed by atoms with Crippen molar-refractivity contribution in [2.75, 3.05) is 26.7 Å². The van der Waals surface area contributed by atoms with Crippen LogP contribution in [0, 0.1) is 5.92 Å². The fourth-order valence-electron chi connectivity index (χ4n) is 2.35. The van der Waals surface area contributed by atoms with Crippen molar-refractivity contribution in [3.05, 3.63) is 0 Å². The van der Waals surface area contributed by atoms with Crippen LogP contribution in [0.2, 0.25) is 0 Å². The zero-order valence-corrected chi connectivity index (χ0v) is 11.1. The Labute approximate surface area is 100 Å². The Balaban J connectivity index is 1.97. The molecule has 0 radical (unpaired) electrons. The number of nitrogens with one attached hydrogen (secondary N) is 2. The Morgan fingerprint density at radius 2 is 2.00 bits per heavy atom. The summed E-state index contributed by atoms with van der Waals surface area (Å²) in [5.41, 5.74) is 0. The summed E-state index contributed by atoms with van der Waals surface area (Å²) in [4.78, 5) is 0. The van der Waals surface area contributed by atoms with Crippen molar-refractivity contribution in [3.63, 3.8) is 0 Å². The monoisotopic (exact) mass is 228 g/mol. The average molecular weight is 228 g/mol. The molecule has 16 heavy (non-hydrogen) atoms. The summed E-state index contributed by atoms with van der Waals surface area (Å²) in [7, 11) is 1.76. The molecular formula is C13H28N2O. The van der Waals surface area contributed by atoms with E-state index in [1.807, 2.05) is 0 Å². The third-order valence-electron chi connectivity index (χ3n) is 3.65. The highest BCUT2D eigenvalue weighted by atomic mass is 16.5. The molecule has 0 aromatic carbocycles. The van der Waals surface area contributed by atoms with Crippen LogP contribution in [0.25, 0.3) is 0 Å². The van der Waals surface area contributed by atoms with E-state index in [0.717, 1.165) is 31.6 Å². The predicted molar refractivity (Wildman–Crippen MR) is 68.8 cm³/mol. The fraction of sp³-hybridized carbons (Fsp3) is 1.00. The molecule has 3 unspecified atom stereocenters. The summed E-state index contributed by atoms with van der Waals surface area (Å²) < 4.78 is 5.18. The second-order valence-corrected chi connectivity index (χ2v) is 5.07. The maximum Gasteiger partial charge on any atom is 0.0667 e. The van der Waals surface area contributed by atoms with E-state index < -0.39 is 0 Å². The minimum atomic E-state index is 0.314. The molecule has 3 heteroatoms. The normalized spacial score (nSPS) is 27.9. The van der Waals surface area contributed by atoms with Gasteiger partial charge in [0.05, 0.1) is 6.10 Å². The molecule has 1 rings (SSSR count). The van der Waals surface area contributed by atoms with E-state index in [4.69, 9.17) is 4.74 Å². The first kappa shape index (κ1) is 13.9. The summed E-state index contributed by atoms with van der Waals surface area (Å²) in [5, 5.41) is 7.06. The molecule has 0 aliphatic heterocycles.